The van der Waals surface area contributed by atoms with Gasteiger partial charge in [-0.15, -0.1) is 0 Å². The maximum absolute atomic E-state index is 9.18. The van der Waals surface area contributed by atoms with Crippen LogP contribution in [-0.2, 0) is 0 Å². The van der Waals surface area contributed by atoms with Gasteiger partial charge in [0.05, 0.1) is 12.1 Å². The predicted octanol–water partition coefficient (Wildman–Crippen LogP) is 0.992. The molecule has 0 aromatic carbocycles. The van der Waals surface area contributed by atoms with Gasteiger partial charge in [0.15, 0.2) is 0 Å². The number of anilines is 1. The second kappa shape index (κ2) is 3.92. The molecule has 1 aromatic heterocycles. The zero-order valence-electron chi connectivity index (χ0n) is 9.15. The van der Waals surface area contributed by atoms with Gasteiger partial charge in [0, 0.05) is 19.4 Å². The van der Waals surface area contributed by atoms with Crippen LogP contribution in [0.15, 0.2) is 12.4 Å². The Morgan fingerprint density at radius 3 is 2.29 bits per heavy atom. The summed E-state index contributed by atoms with van der Waals surface area (Å²) in [6, 6.07) is 0. The summed E-state index contributed by atoms with van der Waals surface area (Å²) >= 11 is 0. The first kappa shape index (κ1) is 10.9. The summed E-state index contributed by atoms with van der Waals surface area (Å²) in [7, 11) is 1.88. The second-order valence-electron chi connectivity index (χ2n) is 4.09. The number of likely N-dealkylation sites (N-methyl/N-ethyl adjacent to an activating group) is 1. The van der Waals surface area contributed by atoms with E-state index < -0.39 is 0 Å². The van der Waals surface area contributed by atoms with Crippen LogP contribution in [0, 0.1) is 6.92 Å². The van der Waals surface area contributed by atoms with Crippen LogP contribution < -0.4 is 4.90 Å². The van der Waals surface area contributed by atoms with E-state index in [2.05, 4.69) is 9.97 Å². The van der Waals surface area contributed by atoms with Crippen molar-refractivity contribution in [3.63, 3.8) is 0 Å². The number of aliphatic hydroxyl groups excluding tert-OH is 1. The van der Waals surface area contributed by atoms with Gasteiger partial charge in [-0.05, 0) is 26.3 Å². The summed E-state index contributed by atoms with van der Waals surface area (Å²) < 4.78 is 0. The lowest BCUT2D eigenvalue weighted by atomic mass is 10.1. The van der Waals surface area contributed by atoms with Gasteiger partial charge in [-0.3, -0.25) is 0 Å². The van der Waals surface area contributed by atoms with E-state index in [1.807, 2.05) is 32.7 Å². The third kappa shape index (κ3) is 2.20. The molecule has 0 aliphatic carbocycles. The summed E-state index contributed by atoms with van der Waals surface area (Å²) in [4.78, 5) is 10.3. The molecular weight excluding hydrogens is 178 g/mol. The Morgan fingerprint density at radius 1 is 1.36 bits per heavy atom. The third-order valence-electron chi connectivity index (χ3n) is 2.36. The highest BCUT2D eigenvalue weighted by molar-refractivity contribution is 5.32. The Morgan fingerprint density at radius 2 is 1.86 bits per heavy atom. The number of nitrogens with zero attached hydrogens (tertiary/aromatic N) is 3. The van der Waals surface area contributed by atoms with Gasteiger partial charge in [-0.25, -0.2) is 9.97 Å². The number of aliphatic hydroxyl groups is 1. The van der Waals surface area contributed by atoms with Gasteiger partial charge < -0.3 is 10.0 Å². The van der Waals surface area contributed by atoms with E-state index in [4.69, 9.17) is 0 Å². The molecule has 0 saturated heterocycles. The van der Waals surface area contributed by atoms with Crippen LogP contribution in [0.25, 0.3) is 0 Å². The number of aromatic nitrogens is 2. The Bertz CT molecular complexity index is 295. The summed E-state index contributed by atoms with van der Waals surface area (Å²) in [6.45, 7) is 5.90. The van der Waals surface area contributed by atoms with E-state index in [1.54, 1.807) is 12.4 Å². The zero-order chi connectivity index (χ0) is 10.8. The minimum absolute atomic E-state index is 0.0702. The Hall–Kier alpha value is -1.16. The number of aryl methyl sites for hydroxylation is 1. The highest BCUT2D eigenvalue weighted by Gasteiger charge is 2.24. The molecule has 1 aromatic rings. The molecule has 0 aliphatic heterocycles. The molecule has 0 bridgehead atoms. The first-order valence-electron chi connectivity index (χ1n) is 4.61. The van der Waals surface area contributed by atoms with Crippen LogP contribution >= 0.6 is 0 Å². The number of hydrogen-bond donors (Lipinski definition) is 1. The molecule has 0 radical (unpaired) electrons. The monoisotopic (exact) mass is 195 g/mol. The first-order valence-corrected chi connectivity index (χ1v) is 4.61. The van der Waals surface area contributed by atoms with Gasteiger partial charge in [0.25, 0.3) is 0 Å². The first-order chi connectivity index (χ1) is 6.47. The predicted molar refractivity (Wildman–Crippen MR) is 56.3 cm³/mol. The van der Waals surface area contributed by atoms with E-state index in [9.17, 15) is 5.11 Å². The van der Waals surface area contributed by atoms with Crippen molar-refractivity contribution in [1.29, 1.82) is 0 Å². The van der Waals surface area contributed by atoms with Gasteiger partial charge >= 0.3 is 0 Å². The maximum atomic E-state index is 9.18. The fraction of sp³-hybridized carbons (Fsp3) is 0.600. The molecular formula is C10H17N3O. The average Bonchev–Trinajstić information content (AvgIpc) is 2.18. The van der Waals surface area contributed by atoms with Crippen molar-refractivity contribution in [3.8, 4) is 0 Å². The molecule has 78 valence electrons. The number of hydrogen-bond acceptors (Lipinski definition) is 4. The average molecular weight is 195 g/mol. The molecule has 0 unspecified atom stereocenters. The van der Waals surface area contributed by atoms with Crippen molar-refractivity contribution in [2.75, 3.05) is 18.6 Å². The molecule has 1 heterocycles. The van der Waals surface area contributed by atoms with Crippen LogP contribution in [0.2, 0.25) is 0 Å². The van der Waals surface area contributed by atoms with E-state index in [-0.39, 0.29) is 12.1 Å². The second-order valence-corrected chi connectivity index (χ2v) is 4.09. The molecule has 14 heavy (non-hydrogen) atoms. The van der Waals surface area contributed by atoms with Crippen molar-refractivity contribution >= 4 is 5.95 Å². The van der Waals surface area contributed by atoms with E-state index in [0.29, 0.717) is 5.95 Å². The standard InChI is InChI=1S/C10H17N3O/c1-8-5-11-9(12-6-8)13(4)10(2,3)7-14/h5-6,14H,7H2,1-4H3. The van der Waals surface area contributed by atoms with Crippen molar-refractivity contribution in [1.82, 2.24) is 9.97 Å². The molecule has 0 amide bonds. The highest BCUT2D eigenvalue weighted by atomic mass is 16.3. The van der Waals surface area contributed by atoms with Crippen molar-refractivity contribution in [2.45, 2.75) is 26.3 Å². The Balaban J connectivity index is 2.89. The molecule has 4 nitrogen and oxygen atoms in total. The van der Waals surface area contributed by atoms with Gasteiger partial charge in [0.1, 0.15) is 0 Å². The van der Waals surface area contributed by atoms with Crippen molar-refractivity contribution < 1.29 is 5.11 Å². The molecule has 0 fully saturated rings. The molecule has 0 saturated carbocycles. The zero-order valence-corrected chi connectivity index (χ0v) is 9.15. The van der Waals surface area contributed by atoms with Crippen molar-refractivity contribution in [3.05, 3.63) is 18.0 Å². The molecule has 1 rings (SSSR count). The third-order valence-corrected chi connectivity index (χ3v) is 2.36. The Kier molecular flexibility index (Phi) is 3.06. The van der Waals surface area contributed by atoms with Crippen LogP contribution in [-0.4, -0.2) is 34.3 Å². The fourth-order valence-electron chi connectivity index (χ4n) is 0.936. The van der Waals surface area contributed by atoms with E-state index in [0.717, 1.165) is 5.56 Å². The summed E-state index contributed by atoms with van der Waals surface area (Å²) in [5.41, 5.74) is 0.693. The smallest absolute Gasteiger partial charge is 0.225 e. The lowest BCUT2D eigenvalue weighted by Gasteiger charge is -2.33. The minimum Gasteiger partial charge on any atom is -0.394 e. The van der Waals surface area contributed by atoms with Gasteiger partial charge in [0.2, 0.25) is 5.95 Å². The number of rotatable bonds is 3. The highest BCUT2D eigenvalue weighted by Crippen LogP contribution is 2.16. The van der Waals surface area contributed by atoms with Crippen LogP contribution in [0.1, 0.15) is 19.4 Å². The van der Waals surface area contributed by atoms with E-state index in [1.165, 1.54) is 0 Å². The normalized spacial score (nSPS) is 11.5. The van der Waals surface area contributed by atoms with Gasteiger partial charge in [-0.2, -0.15) is 0 Å². The summed E-state index contributed by atoms with van der Waals surface area (Å²) in [5, 5.41) is 9.18. The van der Waals surface area contributed by atoms with Crippen molar-refractivity contribution in [2.24, 2.45) is 0 Å². The Labute approximate surface area is 84.6 Å². The minimum atomic E-state index is -0.338. The lowest BCUT2D eigenvalue weighted by molar-refractivity contribution is 0.215. The topological polar surface area (TPSA) is 49.2 Å². The van der Waals surface area contributed by atoms with Crippen LogP contribution in [0.4, 0.5) is 5.95 Å². The molecule has 0 spiro atoms. The van der Waals surface area contributed by atoms with Crippen LogP contribution in [0.5, 0.6) is 0 Å². The SMILES string of the molecule is Cc1cnc(N(C)C(C)(C)CO)nc1. The largest absolute Gasteiger partial charge is 0.394 e. The van der Waals surface area contributed by atoms with Gasteiger partial charge in [-0.1, -0.05) is 0 Å². The van der Waals surface area contributed by atoms with Crippen LogP contribution in [0.3, 0.4) is 0 Å². The quantitative estimate of drug-likeness (QED) is 0.781. The molecule has 0 atom stereocenters. The molecule has 1 N–H and O–H groups in total. The summed E-state index contributed by atoms with van der Waals surface area (Å²) in [5.74, 6) is 0.634. The van der Waals surface area contributed by atoms with E-state index >= 15 is 0 Å². The fourth-order valence-corrected chi connectivity index (χ4v) is 0.936. The lowest BCUT2D eigenvalue weighted by Crippen LogP contribution is -2.45. The summed E-state index contributed by atoms with van der Waals surface area (Å²) in [6.07, 6.45) is 3.54. The maximum Gasteiger partial charge on any atom is 0.225 e. The molecule has 4 heteroatoms. The molecule has 0 aliphatic rings.